The molecule has 1 saturated heterocycles. The fourth-order valence-electron chi connectivity index (χ4n) is 1.73. The fourth-order valence-corrected chi connectivity index (χ4v) is 1.73. The van der Waals surface area contributed by atoms with E-state index < -0.39 is 30.4 Å². The lowest BCUT2D eigenvalue weighted by molar-refractivity contribution is -0.143. The highest BCUT2D eigenvalue weighted by molar-refractivity contribution is 5.91. The van der Waals surface area contributed by atoms with E-state index in [9.17, 15) is 14.4 Å². The number of carboxylic acids is 1. The zero-order valence-electron chi connectivity index (χ0n) is 9.55. The molecule has 2 atom stereocenters. The highest BCUT2D eigenvalue weighted by Gasteiger charge is 2.34. The third-order valence-corrected chi connectivity index (χ3v) is 2.76. The second-order valence-corrected chi connectivity index (χ2v) is 3.92. The summed E-state index contributed by atoms with van der Waals surface area (Å²) in [5.41, 5.74) is 0. The van der Waals surface area contributed by atoms with Gasteiger partial charge in [0, 0.05) is 19.5 Å². The summed E-state index contributed by atoms with van der Waals surface area (Å²) in [6.07, 6.45) is 0.0947. The minimum absolute atomic E-state index is 0.0947. The quantitative estimate of drug-likeness (QED) is 0.541. The molecule has 0 aliphatic carbocycles. The number of nitrogens with one attached hydrogen (secondary N) is 1. The highest BCUT2D eigenvalue weighted by atomic mass is 16.4. The molecule has 0 aromatic carbocycles. The molecule has 2 unspecified atom stereocenters. The van der Waals surface area contributed by atoms with E-state index in [1.165, 1.54) is 0 Å². The van der Waals surface area contributed by atoms with Crippen LogP contribution in [-0.2, 0) is 14.4 Å². The molecule has 7 heteroatoms. The van der Waals surface area contributed by atoms with E-state index in [0.29, 0.717) is 13.1 Å². The number of nitrogens with zero attached hydrogens (tertiary/aromatic N) is 1. The van der Waals surface area contributed by atoms with Gasteiger partial charge in [0.1, 0.15) is 6.04 Å². The van der Waals surface area contributed by atoms with Gasteiger partial charge in [-0.15, -0.1) is 0 Å². The van der Waals surface area contributed by atoms with Crippen molar-refractivity contribution in [2.75, 3.05) is 19.7 Å². The number of carbonyl (C=O) groups is 3. The summed E-state index contributed by atoms with van der Waals surface area (Å²) in [4.78, 5) is 35.2. The Balaban J connectivity index is 2.55. The molecule has 7 nitrogen and oxygen atoms in total. The molecule has 0 saturated carbocycles. The van der Waals surface area contributed by atoms with Gasteiger partial charge in [-0.3, -0.25) is 9.59 Å². The molecule has 0 bridgehead atoms. The van der Waals surface area contributed by atoms with Crippen molar-refractivity contribution in [1.29, 1.82) is 0 Å². The summed E-state index contributed by atoms with van der Waals surface area (Å²) in [7, 11) is 0. The summed E-state index contributed by atoms with van der Waals surface area (Å²) >= 11 is 0. The molecule has 3 N–H and O–H groups in total. The predicted molar refractivity (Wildman–Crippen MR) is 57.0 cm³/mol. The number of rotatable bonds is 5. The maximum Gasteiger partial charge on any atom is 0.328 e. The van der Waals surface area contributed by atoms with Crippen molar-refractivity contribution in [3.05, 3.63) is 0 Å². The van der Waals surface area contributed by atoms with Crippen molar-refractivity contribution in [3.63, 3.8) is 0 Å². The van der Waals surface area contributed by atoms with Gasteiger partial charge >= 0.3 is 5.97 Å². The van der Waals surface area contributed by atoms with E-state index in [2.05, 4.69) is 5.32 Å². The molecule has 0 spiro atoms. The first-order valence-corrected chi connectivity index (χ1v) is 5.41. The van der Waals surface area contributed by atoms with E-state index >= 15 is 0 Å². The molecular formula is C10H16N2O5. The monoisotopic (exact) mass is 244 g/mol. The Hall–Kier alpha value is -1.63. The van der Waals surface area contributed by atoms with Gasteiger partial charge in [0.2, 0.25) is 11.8 Å². The lowest BCUT2D eigenvalue weighted by Crippen LogP contribution is -2.46. The number of hydrogen-bond acceptors (Lipinski definition) is 4. The van der Waals surface area contributed by atoms with Gasteiger partial charge in [0.05, 0.1) is 12.5 Å². The van der Waals surface area contributed by atoms with Crippen LogP contribution in [0.4, 0.5) is 0 Å². The van der Waals surface area contributed by atoms with Crippen LogP contribution in [0.2, 0.25) is 0 Å². The molecule has 0 aromatic heterocycles. The average molecular weight is 244 g/mol. The third-order valence-electron chi connectivity index (χ3n) is 2.76. The van der Waals surface area contributed by atoms with E-state index in [1.807, 2.05) is 6.92 Å². The van der Waals surface area contributed by atoms with E-state index in [1.54, 1.807) is 4.90 Å². The minimum Gasteiger partial charge on any atom is -0.480 e. The molecule has 0 radical (unpaired) electrons. The number of aliphatic carboxylic acids is 1. The number of carbonyl (C=O) groups excluding carboxylic acids is 2. The van der Waals surface area contributed by atoms with Crippen molar-refractivity contribution in [3.8, 4) is 0 Å². The van der Waals surface area contributed by atoms with Gasteiger partial charge in [-0.25, -0.2) is 4.79 Å². The van der Waals surface area contributed by atoms with Crippen LogP contribution in [0.5, 0.6) is 0 Å². The Morgan fingerprint density at radius 2 is 2.24 bits per heavy atom. The SMILES string of the molecule is CCN1CC(C(=O)NC(CO)C(=O)O)CC1=O. The molecule has 1 fully saturated rings. The van der Waals surface area contributed by atoms with Crippen LogP contribution in [0.25, 0.3) is 0 Å². The summed E-state index contributed by atoms with van der Waals surface area (Å²) in [6.45, 7) is 1.98. The van der Waals surface area contributed by atoms with Crippen molar-refractivity contribution < 1.29 is 24.6 Å². The van der Waals surface area contributed by atoms with Crippen LogP contribution in [-0.4, -0.2) is 58.6 Å². The normalized spacial score (nSPS) is 21.4. The van der Waals surface area contributed by atoms with Crippen LogP contribution >= 0.6 is 0 Å². The smallest absolute Gasteiger partial charge is 0.328 e. The van der Waals surface area contributed by atoms with Crippen molar-refractivity contribution in [2.24, 2.45) is 5.92 Å². The first kappa shape index (κ1) is 13.4. The Morgan fingerprint density at radius 3 is 2.65 bits per heavy atom. The zero-order chi connectivity index (χ0) is 13.0. The van der Waals surface area contributed by atoms with E-state index in [0.717, 1.165) is 0 Å². The van der Waals surface area contributed by atoms with Gasteiger partial charge in [-0.1, -0.05) is 0 Å². The van der Waals surface area contributed by atoms with Gasteiger partial charge < -0.3 is 20.4 Å². The Morgan fingerprint density at radius 1 is 1.59 bits per heavy atom. The molecule has 1 aliphatic rings. The highest BCUT2D eigenvalue weighted by Crippen LogP contribution is 2.17. The molecule has 1 heterocycles. The zero-order valence-corrected chi connectivity index (χ0v) is 9.55. The number of aliphatic hydroxyl groups excluding tert-OH is 1. The second kappa shape index (κ2) is 5.62. The van der Waals surface area contributed by atoms with Gasteiger partial charge in [-0.05, 0) is 6.92 Å². The molecule has 17 heavy (non-hydrogen) atoms. The van der Waals surface area contributed by atoms with Crippen LogP contribution in [0.15, 0.2) is 0 Å². The topological polar surface area (TPSA) is 107 Å². The molecule has 1 rings (SSSR count). The number of likely N-dealkylation sites (tertiary alicyclic amines) is 1. The summed E-state index contributed by atoms with van der Waals surface area (Å²) in [6, 6.07) is -1.31. The first-order valence-electron chi connectivity index (χ1n) is 5.41. The lowest BCUT2D eigenvalue weighted by Gasteiger charge is -2.16. The number of hydrogen-bond donors (Lipinski definition) is 3. The van der Waals surface area contributed by atoms with Gasteiger partial charge in [0.15, 0.2) is 0 Å². The number of carboxylic acid groups (broad SMARTS) is 1. The van der Waals surface area contributed by atoms with E-state index in [-0.39, 0.29) is 12.3 Å². The van der Waals surface area contributed by atoms with Gasteiger partial charge in [-0.2, -0.15) is 0 Å². The standard InChI is InChI=1S/C10H16N2O5/c1-2-12-4-6(3-8(12)14)9(15)11-7(5-13)10(16)17/h6-7,13H,2-5H2,1H3,(H,11,15)(H,16,17). The molecule has 2 amide bonds. The van der Waals surface area contributed by atoms with Crippen molar-refractivity contribution in [1.82, 2.24) is 10.2 Å². The Kier molecular flexibility index (Phi) is 4.45. The Bertz CT molecular complexity index is 331. The third kappa shape index (κ3) is 3.16. The summed E-state index contributed by atoms with van der Waals surface area (Å²) in [5, 5.41) is 19.6. The molecule has 1 aliphatic heterocycles. The van der Waals surface area contributed by atoms with Crippen molar-refractivity contribution >= 4 is 17.8 Å². The minimum atomic E-state index is -1.31. The molecular weight excluding hydrogens is 228 g/mol. The van der Waals surface area contributed by atoms with Gasteiger partial charge in [0.25, 0.3) is 0 Å². The summed E-state index contributed by atoms with van der Waals surface area (Å²) in [5.74, 6) is -2.44. The average Bonchev–Trinajstić information content (AvgIpc) is 2.66. The first-order chi connectivity index (χ1) is 7.99. The Labute approximate surface area is 98.4 Å². The predicted octanol–water partition coefficient (Wildman–Crippen LogP) is -1.58. The summed E-state index contributed by atoms with van der Waals surface area (Å²) < 4.78 is 0. The van der Waals surface area contributed by atoms with Crippen LogP contribution in [0.1, 0.15) is 13.3 Å². The molecule has 0 aromatic rings. The van der Waals surface area contributed by atoms with Crippen LogP contribution < -0.4 is 5.32 Å². The van der Waals surface area contributed by atoms with E-state index in [4.69, 9.17) is 10.2 Å². The molecule has 96 valence electrons. The van der Waals surface area contributed by atoms with Crippen molar-refractivity contribution in [2.45, 2.75) is 19.4 Å². The maximum absolute atomic E-state index is 11.7. The largest absolute Gasteiger partial charge is 0.480 e. The maximum atomic E-state index is 11.7. The lowest BCUT2D eigenvalue weighted by atomic mass is 10.1. The number of amides is 2. The van der Waals surface area contributed by atoms with Crippen LogP contribution in [0, 0.1) is 5.92 Å². The fraction of sp³-hybridized carbons (Fsp3) is 0.700. The number of aliphatic hydroxyl groups is 1. The second-order valence-electron chi connectivity index (χ2n) is 3.92. The van der Waals surface area contributed by atoms with Crippen LogP contribution in [0.3, 0.4) is 0 Å².